The molecule has 6 heteroatoms. The van der Waals surface area contributed by atoms with E-state index in [-0.39, 0.29) is 5.69 Å². The zero-order valence-electron chi connectivity index (χ0n) is 11.6. The van der Waals surface area contributed by atoms with Crippen molar-refractivity contribution >= 4 is 23.3 Å². The maximum atomic E-state index is 13.7. The van der Waals surface area contributed by atoms with Crippen LogP contribution in [0.4, 0.5) is 20.6 Å². The van der Waals surface area contributed by atoms with Gasteiger partial charge in [-0.2, -0.15) is 0 Å². The Hall–Kier alpha value is -2.89. The van der Waals surface area contributed by atoms with Crippen LogP contribution in [-0.4, -0.2) is 18.0 Å². The van der Waals surface area contributed by atoms with E-state index in [1.807, 2.05) is 12.1 Å². The number of urea groups is 1. The molecule has 0 bridgehead atoms. The lowest BCUT2D eigenvalue weighted by Crippen LogP contribution is -2.47. The van der Waals surface area contributed by atoms with Crippen molar-refractivity contribution in [1.82, 2.24) is 0 Å². The number of rotatable bonds is 2. The summed E-state index contributed by atoms with van der Waals surface area (Å²) in [7, 11) is 0. The second kappa shape index (κ2) is 5.48. The molecule has 0 aromatic heterocycles. The fourth-order valence-corrected chi connectivity index (χ4v) is 2.60. The Balaban J connectivity index is 1.92. The SMILES string of the molecule is NC(=O)C1Cc2ccccc2N1C(=O)Nc1ccccc1F. The summed E-state index contributed by atoms with van der Waals surface area (Å²) in [5.41, 5.74) is 6.92. The third-order valence-corrected chi connectivity index (χ3v) is 3.64. The monoisotopic (exact) mass is 299 g/mol. The van der Waals surface area contributed by atoms with Crippen LogP contribution in [0, 0.1) is 5.82 Å². The van der Waals surface area contributed by atoms with E-state index >= 15 is 0 Å². The average molecular weight is 299 g/mol. The van der Waals surface area contributed by atoms with Crippen LogP contribution in [-0.2, 0) is 11.2 Å². The number of fused-ring (bicyclic) bond motifs is 1. The Kier molecular flexibility index (Phi) is 3.50. The van der Waals surface area contributed by atoms with Crippen molar-refractivity contribution < 1.29 is 14.0 Å². The van der Waals surface area contributed by atoms with E-state index in [4.69, 9.17) is 5.73 Å². The molecule has 0 aliphatic carbocycles. The number of carbonyl (C=O) groups is 2. The number of hydrogen-bond acceptors (Lipinski definition) is 2. The van der Waals surface area contributed by atoms with Crippen LogP contribution < -0.4 is 16.0 Å². The number of hydrogen-bond donors (Lipinski definition) is 2. The zero-order valence-corrected chi connectivity index (χ0v) is 11.6. The molecule has 112 valence electrons. The summed E-state index contributed by atoms with van der Waals surface area (Å²) in [4.78, 5) is 25.4. The molecule has 2 aromatic rings. The van der Waals surface area contributed by atoms with Gasteiger partial charge in [0.1, 0.15) is 11.9 Å². The first-order valence-corrected chi connectivity index (χ1v) is 6.80. The van der Waals surface area contributed by atoms with Crippen LogP contribution in [0.3, 0.4) is 0 Å². The van der Waals surface area contributed by atoms with Crippen LogP contribution in [0.15, 0.2) is 48.5 Å². The van der Waals surface area contributed by atoms with Gasteiger partial charge in [0, 0.05) is 12.1 Å². The summed E-state index contributed by atoms with van der Waals surface area (Å²) in [5, 5.41) is 2.48. The van der Waals surface area contributed by atoms with E-state index < -0.39 is 23.8 Å². The van der Waals surface area contributed by atoms with Gasteiger partial charge in [0.05, 0.1) is 5.69 Å². The van der Waals surface area contributed by atoms with E-state index in [9.17, 15) is 14.0 Å². The molecule has 3 rings (SSSR count). The Bertz CT molecular complexity index is 748. The quantitative estimate of drug-likeness (QED) is 0.892. The van der Waals surface area contributed by atoms with E-state index in [1.165, 1.54) is 23.1 Å². The number of para-hydroxylation sites is 2. The van der Waals surface area contributed by atoms with E-state index in [0.29, 0.717) is 12.1 Å². The molecule has 0 saturated carbocycles. The fraction of sp³-hybridized carbons (Fsp3) is 0.125. The van der Waals surface area contributed by atoms with Crippen LogP contribution in [0.2, 0.25) is 0 Å². The van der Waals surface area contributed by atoms with Gasteiger partial charge < -0.3 is 11.1 Å². The molecule has 1 unspecified atom stereocenters. The number of carbonyl (C=O) groups excluding carboxylic acids is 2. The molecule has 1 aliphatic heterocycles. The lowest BCUT2D eigenvalue weighted by atomic mass is 10.1. The van der Waals surface area contributed by atoms with Crippen molar-refractivity contribution in [3.05, 3.63) is 59.9 Å². The van der Waals surface area contributed by atoms with Crippen molar-refractivity contribution in [3.63, 3.8) is 0 Å². The van der Waals surface area contributed by atoms with Gasteiger partial charge in [-0.05, 0) is 23.8 Å². The number of amides is 3. The first-order chi connectivity index (χ1) is 10.6. The number of nitrogens with two attached hydrogens (primary N) is 1. The van der Waals surface area contributed by atoms with E-state index in [2.05, 4.69) is 5.32 Å². The fourth-order valence-electron chi connectivity index (χ4n) is 2.60. The molecule has 5 nitrogen and oxygen atoms in total. The first kappa shape index (κ1) is 14.1. The summed E-state index contributed by atoms with van der Waals surface area (Å²) in [6.07, 6.45) is 0.357. The van der Waals surface area contributed by atoms with Gasteiger partial charge in [-0.25, -0.2) is 9.18 Å². The molecule has 0 radical (unpaired) electrons. The molecule has 3 amide bonds. The molecule has 0 fully saturated rings. The van der Waals surface area contributed by atoms with Gasteiger partial charge in [-0.1, -0.05) is 30.3 Å². The second-order valence-electron chi connectivity index (χ2n) is 5.03. The lowest BCUT2D eigenvalue weighted by Gasteiger charge is -2.23. The minimum Gasteiger partial charge on any atom is -0.368 e. The van der Waals surface area contributed by atoms with Crippen LogP contribution in [0.25, 0.3) is 0 Å². The molecule has 22 heavy (non-hydrogen) atoms. The van der Waals surface area contributed by atoms with Crippen LogP contribution in [0.5, 0.6) is 0 Å². The van der Waals surface area contributed by atoms with Crippen molar-refractivity contribution in [2.24, 2.45) is 5.73 Å². The lowest BCUT2D eigenvalue weighted by molar-refractivity contribution is -0.119. The maximum Gasteiger partial charge on any atom is 0.327 e. The molecular weight excluding hydrogens is 285 g/mol. The molecule has 1 heterocycles. The Labute approximate surface area is 126 Å². The minimum absolute atomic E-state index is 0.0556. The molecule has 0 spiro atoms. The van der Waals surface area contributed by atoms with Gasteiger partial charge in [0.15, 0.2) is 0 Å². The maximum absolute atomic E-state index is 13.7. The van der Waals surface area contributed by atoms with Gasteiger partial charge in [0.25, 0.3) is 0 Å². The highest BCUT2D eigenvalue weighted by Gasteiger charge is 2.37. The molecule has 1 atom stereocenters. The molecule has 3 N–H and O–H groups in total. The number of benzene rings is 2. The normalized spacial score (nSPS) is 16.2. The summed E-state index contributed by atoms with van der Waals surface area (Å²) in [5.74, 6) is -1.14. The highest BCUT2D eigenvalue weighted by atomic mass is 19.1. The number of halogens is 1. The number of nitrogens with zero attached hydrogens (tertiary/aromatic N) is 1. The Morgan fingerprint density at radius 3 is 2.55 bits per heavy atom. The topological polar surface area (TPSA) is 75.4 Å². The summed E-state index contributed by atoms with van der Waals surface area (Å²) in [6, 6.07) is 11.7. The second-order valence-corrected chi connectivity index (χ2v) is 5.03. The Morgan fingerprint density at radius 2 is 1.82 bits per heavy atom. The highest BCUT2D eigenvalue weighted by molar-refractivity contribution is 6.08. The van der Waals surface area contributed by atoms with Gasteiger partial charge in [-0.15, -0.1) is 0 Å². The third kappa shape index (κ3) is 2.39. The van der Waals surface area contributed by atoms with Gasteiger partial charge >= 0.3 is 6.03 Å². The summed E-state index contributed by atoms with van der Waals surface area (Å²) >= 11 is 0. The Morgan fingerprint density at radius 1 is 1.14 bits per heavy atom. The number of primary amides is 1. The molecule has 2 aromatic carbocycles. The largest absolute Gasteiger partial charge is 0.368 e. The first-order valence-electron chi connectivity index (χ1n) is 6.80. The standard InChI is InChI=1S/C16H14FN3O2/c17-11-6-2-3-7-12(11)19-16(22)20-13-8-4-1-5-10(13)9-14(20)15(18)21/h1-8,14H,9H2,(H2,18,21)(H,19,22). The average Bonchev–Trinajstić information content (AvgIpc) is 2.89. The minimum atomic E-state index is -0.774. The molecule has 0 saturated heterocycles. The van der Waals surface area contributed by atoms with Crippen molar-refractivity contribution in [3.8, 4) is 0 Å². The zero-order chi connectivity index (χ0) is 15.7. The van der Waals surface area contributed by atoms with Gasteiger partial charge in [-0.3, -0.25) is 9.69 Å². The number of anilines is 2. The van der Waals surface area contributed by atoms with Crippen molar-refractivity contribution in [2.75, 3.05) is 10.2 Å². The predicted octanol–water partition coefficient (Wildman–Crippen LogP) is 2.27. The van der Waals surface area contributed by atoms with Crippen LogP contribution in [0.1, 0.15) is 5.56 Å². The van der Waals surface area contributed by atoms with Gasteiger partial charge in [0.2, 0.25) is 5.91 Å². The number of nitrogens with one attached hydrogen (secondary N) is 1. The van der Waals surface area contributed by atoms with Crippen LogP contribution >= 0.6 is 0 Å². The molecule has 1 aliphatic rings. The predicted molar refractivity (Wildman–Crippen MR) is 81.0 cm³/mol. The van der Waals surface area contributed by atoms with Crippen molar-refractivity contribution in [1.29, 1.82) is 0 Å². The molecular formula is C16H14FN3O2. The highest BCUT2D eigenvalue weighted by Crippen LogP contribution is 2.32. The van der Waals surface area contributed by atoms with Crippen molar-refractivity contribution in [2.45, 2.75) is 12.5 Å². The summed E-state index contributed by atoms with van der Waals surface area (Å²) in [6.45, 7) is 0. The smallest absolute Gasteiger partial charge is 0.327 e. The summed E-state index contributed by atoms with van der Waals surface area (Å²) < 4.78 is 13.7. The van der Waals surface area contributed by atoms with E-state index in [1.54, 1.807) is 18.2 Å². The third-order valence-electron chi connectivity index (χ3n) is 3.64. The van der Waals surface area contributed by atoms with E-state index in [0.717, 1.165) is 5.56 Å².